The first kappa shape index (κ1) is 19.8. The molecular weight excluding hydrogens is 410 g/mol. The van der Waals surface area contributed by atoms with Gasteiger partial charge in [0.05, 0.1) is 10.2 Å². The number of anilines is 2. The summed E-state index contributed by atoms with van der Waals surface area (Å²) in [6, 6.07) is 13.7. The van der Waals surface area contributed by atoms with Crippen LogP contribution < -0.4 is 20.4 Å². The van der Waals surface area contributed by atoms with Crippen LogP contribution in [0.15, 0.2) is 42.5 Å². The number of carbonyl (C=O) groups is 2. The molecule has 3 aromatic rings. The van der Waals surface area contributed by atoms with Crippen molar-refractivity contribution in [3.05, 3.63) is 53.6 Å². The lowest BCUT2D eigenvalue weighted by molar-refractivity contribution is 0.0933. The third-order valence-electron chi connectivity index (χ3n) is 5.93. The average Bonchev–Trinajstić information content (AvgIpc) is 3.40. The van der Waals surface area contributed by atoms with Gasteiger partial charge in [-0.1, -0.05) is 29.5 Å². The second-order valence-corrected chi connectivity index (χ2v) is 9.12. The third-order valence-corrected chi connectivity index (χ3v) is 7.03. The van der Waals surface area contributed by atoms with Gasteiger partial charge in [-0.15, -0.1) is 0 Å². The Hall–Kier alpha value is -3.13. The van der Waals surface area contributed by atoms with Gasteiger partial charge in [0.2, 0.25) is 0 Å². The molecule has 3 heterocycles. The van der Waals surface area contributed by atoms with Gasteiger partial charge in [-0.3, -0.25) is 9.69 Å². The molecular formula is C23H25N5O2S. The predicted octanol–water partition coefficient (Wildman–Crippen LogP) is 3.53. The third kappa shape index (κ3) is 3.95. The van der Waals surface area contributed by atoms with Crippen molar-refractivity contribution in [1.29, 1.82) is 0 Å². The second-order valence-electron chi connectivity index (χ2n) is 8.11. The Bertz CT molecular complexity index is 1110. The van der Waals surface area contributed by atoms with E-state index in [1.54, 1.807) is 16.2 Å². The van der Waals surface area contributed by atoms with E-state index >= 15 is 0 Å². The molecule has 0 radical (unpaired) electrons. The summed E-state index contributed by atoms with van der Waals surface area (Å²) in [4.78, 5) is 33.8. The maximum atomic E-state index is 13.0. The monoisotopic (exact) mass is 435 g/mol. The van der Waals surface area contributed by atoms with Crippen molar-refractivity contribution in [3.8, 4) is 0 Å². The Morgan fingerprint density at radius 1 is 1.23 bits per heavy atom. The number of thiazole rings is 1. The largest absolute Gasteiger partial charge is 0.348 e. The minimum atomic E-state index is -0.112. The van der Waals surface area contributed by atoms with E-state index in [9.17, 15) is 9.59 Å². The molecule has 3 amide bonds. The zero-order valence-electron chi connectivity index (χ0n) is 17.4. The molecule has 2 aliphatic rings. The van der Waals surface area contributed by atoms with Gasteiger partial charge in [-0.05, 0) is 49.6 Å². The molecule has 7 nitrogen and oxygen atoms in total. The van der Waals surface area contributed by atoms with Crippen molar-refractivity contribution in [1.82, 2.24) is 15.6 Å². The van der Waals surface area contributed by atoms with Gasteiger partial charge in [0.1, 0.15) is 0 Å². The quantitative estimate of drug-likeness (QED) is 0.657. The van der Waals surface area contributed by atoms with E-state index in [-0.39, 0.29) is 18.0 Å². The van der Waals surface area contributed by atoms with E-state index in [4.69, 9.17) is 4.98 Å². The smallest absolute Gasteiger partial charge is 0.322 e. The number of aryl methyl sites for hydroxylation is 1. The van der Waals surface area contributed by atoms with Crippen LogP contribution in [-0.2, 0) is 0 Å². The van der Waals surface area contributed by atoms with E-state index in [1.165, 1.54) is 4.70 Å². The molecule has 8 heteroatoms. The second kappa shape index (κ2) is 8.19. The molecule has 160 valence electrons. The molecule has 2 aliphatic heterocycles. The summed E-state index contributed by atoms with van der Waals surface area (Å²) in [7, 11) is 0. The number of nitrogens with zero attached hydrogens (tertiary/aromatic N) is 3. The van der Waals surface area contributed by atoms with Crippen LogP contribution in [0.2, 0.25) is 0 Å². The number of hydrogen-bond acceptors (Lipinski definition) is 5. The van der Waals surface area contributed by atoms with Crippen LogP contribution in [0, 0.1) is 6.92 Å². The highest BCUT2D eigenvalue weighted by Gasteiger charge is 2.26. The number of urea groups is 1. The van der Waals surface area contributed by atoms with Gasteiger partial charge in [-0.2, -0.15) is 0 Å². The minimum Gasteiger partial charge on any atom is -0.348 e. The van der Waals surface area contributed by atoms with Crippen LogP contribution in [0.5, 0.6) is 0 Å². The van der Waals surface area contributed by atoms with Crippen molar-refractivity contribution < 1.29 is 9.59 Å². The summed E-state index contributed by atoms with van der Waals surface area (Å²) in [6.07, 6.45) is 1.95. The first-order chi connectivity index (χ1) is 15.1. The number of carbonyl (C=O) groups excluding carboxylic acids is 2. The molecule has 2 saturated heterocycles. The molecule has 0 spiro atoms. The number of hydrogen-bond donors (Lipinski definition) is 2. The summed E-state index contributed by atoms with van der Waals surface area (Å²) in [5.41, 5.74) is 3.37. The van der Waals surface area contributed by atoms with Crippen molar-refractivity contribution >= 4 is 44.3 Å². The molecule has 5 rings (SSSR count). The lowest BCUT2D eigenvalue weighted by atomic mass is 10.0. The Balaban J connectivity index is 1.29. The van der Waals surface area contributed by atoms with Crippen LogP contribution in [-0.4, -0.2) is 49.1 Å². The SMILES string of the molecule is Cc1ccc(C(=O)NC2CCCN(c3nc4ccccc4s3)C2)cc1N1CCNC1=O. The maximum absolute atomic E-state index is 13.0. The minimum absolute atomic E-state index is 0.0631. The highest BCUT2D eigenvalue weighted by molar-refractivity contribution is 7.22. The number of nitrogens with one attached hydrogen (secondary N) is 2. The number of amides is 3. The fraction of sp³-hybridized carbons (Fsp3) is 0.348. The van der Waals surface area contributed by atoms with Gasteiger partial charge in [0.25, 0.3) is 5.91 Å². The summed E-state index contributed by atoms with van der Waals surface area (Å²) in [5, 5.41) is 7.02. The van der Waals surface area contributed by atoms with Gasteiger partial charge >= 0.3 is 6.03 Å². The van der Waals surface area contributed by atoms with E-state index < -0.39 is 0 Å². The zero-order chi connectivity index (χ0) is 21.4. The van der Waals surface area contributed by atoms with E-state index in [2.05, 4.69) is 21.6 Å². The topological polar surface area (TPSA) is 77.6 Å². The lowest BCUT2D eigenvalue weighted by Crippen LogP contribution is -2.47. The molecule has 31 heavy (non-hydrogen) atoms. The lowest BCUT2D eigenvalue weighted by Gasteiger charge is -2.33. The number of para-hydroxylation sites is 1. The number of benzene rings is 2. The highest BCUT2D eigenvalue weighted by Crippen LogP contribution is 2.30. The van der Waals surface area contributed by atoms with Crippen LogP contribution in [0.4, 0.5) is 15.6 Å². The highest BCUT2D eigenvalue weighted by atomic mass is 32.1. The number of aromatic nitrogens is 1. The molecule has 1 aromatic heterocycles. The molecule has 0 saturated carbocycles. The van der Waals surface area contributed by atoms with Crippen LogP contribution in [0.25, 0.3) is 10.2 Å². The van der Waals surface area contributed by atoms with Crippen molar-refractivity contribution in [3.63, 3.8) is 0 Å². The standard InChI is InChI=1S/C23H25N5O2S/c1-15-8-9-16(13-19(15)28-12-10-24-22(28)30)21(29)25-17-5-4-11-27(14-17)23-26-18-6-2-3-7-20(18)31-23/h2-3,6-9,13,17H,4-5,10-12,14H2,1H3,(H,24,30)(H,25,29). The fourth-order valence-electron chi connectivity index (χ4n) is 4.28. The summed E-state index contributed by atoms with van der Waals surface area (Å²) >= 11 is 1.70. The van der Waals surface area contributed by atoms with Gasteiger partial charge in [0, 0.05) is 43.5 Å². The van der Waals surface area contributed by atoms with Crippen molar-refractivity contribution in [2.24, 2.45) is 0 Å². The molecule has 1 unspecified atom stereocenters. The predicted molar refractivity (Wildman–Crippen MR) is 124 cm³/mol. The van der Waals surface area contributed by atoms with Crippen molar-refractivity contribution in [2.45, 2.75) is 25.8 Å². The number of fused-ring (bicyclic) bond motifs is 1. The summed E-state index contributed by atoms with van der Waals surface area (Å²) in [6.45, 7) is 4.90. The van der Waals surface area contributed by atoms with E-state index in [1.807, 2.05) is 43.3 Å². The Morgan fingerprint density at radius 3 is 2.90 bits per heavy atom. The first-order valence-corrected chi connectivity index (χ1v) is 11.5. The van der Waals surface area contributed by atoms with Gasteiger partial charge < -0.3 is 15.5 Å². The molecule has 2 aromatic carbocycles. The summed E-state index contributed by atoms with van der Waals surface area (Å²) < 4.78 is 1.18. The first-order valence-electron chi connectivity index (χ1n) is 10.7. The fourth-order valence-corrected chi connectivity index (χ4v) is 5.28. The zero-order valence-corrected chi connectivity index (χ0v) is 18.2. The Kier molecular flexibility index (Phi) is 5.23. The van der Waals surface area contributed by atoms with Crippen LogP contribution in [0.1, 0.15) is 28.8 Å². The van der Waals surface area contributed by atoms with Gasteiger partial charge in [0.15, 0.2) is 5.13 Å². The summed E-state index contributed by atoms with van der Waals surface area (Å²) in [5.74, 6) is -0.1000. The number of rotatable bonds is 4. The molecule has 0 bridgehead atoms. The maximum Gasteiger partial charge on any atom is 0.322 e. The van der Waals surface area contributed by atoms with Crippen LogP contribution >= 0.6 is 11.3 Å². The average molecular weight is 436 g/mol. The molecule has 2 N–H and O–H groups in total. The van der Waals surface area contributed by atoms with Crippen molar-refractivity contribution in [2.75, 3.05) is 36.0 Å². The number of piperidine rings is 1. The molecule has 1 atom stereocenters. The van der Waals surface area contributed by atoms with E-state index in [0.717, 1.165) is 47.8 Å². The van der Waals surface area contributed by atoms with Crippen LogP contribution in [0.3, 0.4) is 0 Å². The van der Waals surface area contributed by atoms with Gasteiger partial charge in [-0.25, -0.2) is 9.78 Å². The Labute approximate surface area is 185 Å². The Morgan fingerprint density at radius 2 is 2.10 bits per heavy atom. The normalized spacial score (nSPS) is 19.0. The molecule has 2 fully saturated rings. The van der Waals surface area contributed by atoms with E-state index in [0.29, 0.717) is 18.7 Å². The molecule has 0 aliphatic carbocycles.